The summed E-state index contributed by atoms with van der Waals surface area (Å²) >= 11 is 1.15. The summed E-state index contributed by atoms with van der Waals surface area (Å²) in [6.45, 7) is 3.41. The third kappa shape index (κ3) is 4.29. The summed E-state index contributed by atoms with van der Waals surface area (Å²) < 4.78 is 4.21. The van der Waals surface area contributed by atoms with Crippen LogP contribution in [0.4, 0.5) is 22.1 Å². The molecule has 10 heteroatoms. The first-order chi connectivity index (χ1) is 13.5. The smallest absolute Gasteiger partial charge is 0.224 e. The van der Waals surface area contributed by atoms with Crippen molar-refractivity contribution in [1.82, 2.24) is 9.36 Å². The van der Waals surface area contributed by atoms with Crippen LogP contribution in [0.5, 0.6) is 5.75 Å². The zero-order chi connectivity index (χ0) is 20.1. The predicted molar refractivity (Wildman–Crippen MR) is 108 cm³/mol. The molecule has 2 amide bonds. The fourth-order valence-electron chi connectivity index (χ4n) is 2.28. The number of nitrogens with one attached hydrogen (secondary N) is 2. The van der Waals surface area contributed by atoms with Gasteiger partial charge in [0.05, 0.1) is 16.8 Å². The topological polar surface area (TPSA) is 129 Å². The molecular formula is C18H18N6O3S. The highest BCUT2D eigenvalue weighted by Crippen LogP contribution is 2.38. The van der Waals surface area contributed by atoms with Crippen molar-refractivity contribution in [3.63, 3.8) is 0 Å². The summed E-state index contributed by atoms with van der Waals surface area (Å²) in [7, 11) is 0. The number of phenols is 1. The molecule has 0 aliphatic carbocycles. The third-order valence-corrected chi connectivity index (χ3v) is 4.53. The normalized spacial score (nSPS) is 11.1. The van der Waals surface area contributed by atoms with Crippen LogP contribution in [0.25, 0.3) is 11.0 Å². The highest BCUT2D eigenvalue weighted by Gasteiger charge is 2.14. The minimum Gasteiger partial charge on any atom is -0.506 e. The lowest BCUT2D eigenvalue weighted by Crippen LogP contribution is -2.11. The highest BCUT2D eigenvalue weighted by molar-refractivity contribution is 7.11. The molecule has 144 valence electrons. The van der Waals surface area contributed by atoms with Crippen molar-refractivity contribution < 1.29 is 14.7 Å². The van der Waals surface area contributed by atoms with Crippen molar-refractivity contribution in [2.45, 2.75) is 26.7 Å². The number of benzene rings is 1. The number of aromatic nitrogens is 2. The Morgan fingerprint density at radius 3 is 2.54 bits per heavy atom. The van der Waals surface area contributed by atoms with Gasteiger partial charge in [-0.05, 0) is 29.7 Å². The largest absolute Gasteiger partial charge is 0.506 e. The molecule has 9 nitrogen and oxygen atoms in total. The number of phenolic OH excluding ortho intramolecular Hbond substituents is 1. The van der Waals surface area contributed by atoms with Crippen LogP contribution < -0.4 is 10.6 Å². The van der Waals surface area contributed by atoms with E-state index in [1.807, 2.05) is 6.07 Å². The second-order valence-electron chi connectivity index (χ2n) is 5.75. The number of aromatic hydroxyl groups is 1. The number of nitrogens with zero attached hydrogens (tertiary/aromatic N) is 4. The van der Waals surface area contributed by atoms with Crippen LogP contribution in [-0.4, -0.2) is 26.3 Å². The first kappa shape index (κ1) is 19.4. The summed E-state index contributed by atoms with van der Waals surface area (Å²) in [5, 5.41) is 25.2. The van der Waals surface area contributed by atoms with Crippen LogP contribution >= 0.6 is 11.5 Å². The average molecular weight is 398 g/mol. The average Bonchev–Trinajstić information content (AvgIpc) is 3.11. The Balaban J connectivity index is 2.01. The van der Waals surface area contributed by atoms with Gasteiger partial charge in [-0.1, -0.05) is 13.8 Å². The molecular weight excluding hydrogens is 380 g/mol. The van der Waals surface area contributed by atoms with Crippen LogP contribution in [-0.2, 0) is 9.59 Å². The van der Waals surface area contributed by atoms with E-state index in [4.69, 9.17) is 0 Å². The van der Waals surface area contributed by atoms with Crippen molar-refractivity contribution in [1.29, 1.82) is 0 Å². The molecule has 0 saturated carbocycles. The fourth-order valence-corrected chi connectivity index (χ4v) is 2.93. The zero-order valence-corrected chi connectivity index (χ0v) is 16.1. The van der Waals surface area contributed by atoms with E-state index in [1.54, 1.807) is 26.1 Å². The van der Waals surface area contributed by atoms with Crippen molar-refractivity contribution in [2.24, 2.45) is 10.2 Å². The standard InChI is InChI=1S/C18H18N6O3S/c1-3-15(26)20-11-9-14(25)13(21-16(27)4-2)8-12(11)22-23-18-10-6-5-7-19-17(10)24-28-18/h5-9,25H,3-4H2,1-2H3,(H,20,26)(H,21,27). The van der Waals surface area contributed by atoms with E-state index in [0.717, 1.165) is 16.9 Å². The van der Waals surface area contributed by atoms with E-state index in [-0.39, 0.29) is 47.5 Å². The number of azo groups is 1. The molecule has 3 N–H and O–H groups in total. The molecule has 0 radical (unpaired) electrons. The summed E-state index contributed by atoms with van der Waals surface area (Å²) in [5.74, 6) is -0.684. The molecule has 2 aromatic heterocycles. The number of hydrogen-bond donors (Lipinski definition) is 3. The first-order valence-corrected chi connectivity index (χ1v) is 9.38. The predicted octanol–water partition coefficient (Wildman–Crippen LogP) is 4.51. The molecule has 0 fully saturated rings. The fraction of sp³-hybridized carbons (Fsp3) is 0.222. The Labute approximate surface area is 164 Å². The maximum Gasteiger partial charge on any atom is 0.224 e. The summed E-state index contributed by atoms with van der Waals surface area (Å²) in [6.07, 6.45) is 2.16. The Morgan fingerprint density at radius 1 is 1.11 bits per heavy atom. The molecule has 0 aliphatic heterocycles. The number of carbonyl (C=O) groups excluding carboxylic acids is 2. The van der Waals surface area contributed by atoms with Gasteiger partial charge in [-0.15, -0.1) is 10.2 Å². The highest BCUT2D eigenvalue weighted by atomic mass is 32.1. The van der Waals surface area contributed by atoms with Gasteiger partial charge in [-0.25, -0.2) is 4.98 Å². The van der Waals surface area contributed by atoms with Gasteiger partial charge in [0, 0.05) is 25.1 Å². The van der Waals surface area contributed by atoms with Crippen molar-refractivity contribution >= 4 is 56.4 Å². The number of carbonyl (C=O) groups is 2. The van der Waals surface area contributed by atoms with Gasteiger partial charge in [0.15, 0.2) is 10.6 Å². The second-order valence-corrected chi connectivity index (χ2v) is 6.50. The molecule has 2 heterocycles. The van der Waals surface area contributed by atoms with Crippen LogP contribution in [0, 0.1) is 0 Å². The third-order valence-electron chi connectivity index (χ3n) is 3.79. The lowest BCUT2D eigenvalue weighted by atomic mass is 10.2. The Kier molecular flexibility index (Phi) is 5.90. The number of pyridine rings is 1. The quantitative estimate of drug-likeness (QED) is 0.415. The van der Waals surface area contributed by atoms with E-state index < -0.39 is 0 Å². The minimum absolute atomic E-state index is 0.181. The zero-order valence-electron chi connectivity index (χ0n) is 15.3. The van der Waals surface area contributed by atoms with Crippen molar-refractivity contribution in [3.05, 3.63) is 30.5 Å². The van der Waals surface area contributed by atoms with Gasteiger partial charge in [-0.2, -0.15) is 4.37 Å². The Hall–Kier alpha value is -3.40. The SMILES string of the molecule is CCC(=O)Nc1cc(N=Nc2snc3ncccc23)c(NC(=O)CC)cc1O. The van der Waals surface area contributed by atoms with Gasteiger partial charge in [0.2, 0.25) is 11.8 Å². The first-order valence-electron chi connectivity index (χ1n) is 8.60. The molecule has 3 rings (SSSR count). The van der Waals surface area contributed by atoms with Gasteiger partial charge >= 0.3 is 0 Å². The lowest BCUT2D eigenvalue weighted by Gasteiger charge is -2.12. The van der Waals surface area contributed by atoms with E-state index in [9.17, 15) is 14.7 Å². The maximum absolute atomic E-state index is 11.8. The molecule has 1 aromatic carbocycles. The molecule has 0 bridgehead atoms. The number of amides is 2. The molecule has 0 saturated heterocycles. The molecule has 0 aliphatic rings. The minimum atomic E-state index is -0.261. The van der Waals surface area contributed by atoms with E-state index in [2.05, 4.69) is 30.2 Å². The molecule has 0 spiro atoms. The second kappa shape index (κ2) is 8.53. The summed E-state index contributed by atoms with van der Waals surface area (Å²) in [4.78, 5) is 27.6. The number of rotatable bonds is 6. The van der Waals surface area contributed by atoms with Crippen LogP contribution in [0.2, 0.25) is 0 Å². The van der Waals surface area contributed by atoms with Gasteiger partial charge < -0.3 is 15.7 Å². The number of fused-ring (bicyclic) bond motifs is 1. The molecule has 28 heavy (non-hydrogen) atoms. The Bertz CT molecular complexity index is 1060. The van der Waals surface area contributed by atoms with Crippen molar-refractivity contribution in [2.75, 3.05) is 10.6 Å². The van der Waals surface area contributed by atoms with E-state index >= 15 is 0 Å². The monoisotopic (exact) mass is 398 g/mol. The molecule has 3 aromatic rings. The summed E-state index contributed by atoms with van der Waals surface area (Å²) in [6, 6.07) is 6.41. The number of anilines is 2. The van der Waals surface area contributed by atoms with Crippen LogP contribution in [0.1, 0.15) is 26.7 Å². The van der Waals surface area contributed by atoms with Gasteiger partial charge in [0.1, 0.15) is 11.4 Å². The maximum atomic E-state index is 11.8. The molecule has 0 unspecified atom stereocenters. The van der Waals surface area contributed by atoms with Gasteiger partial charge in [-0.3, -0.25) is 9.59 Å². The van der Waals surface area contributed by atoms with Crippen LogP contribution in [0.3, 0.4) is 0 Å². The Morgan fingerprint density at radius 2 is 1.82 bits per heavy atom. The number of hydrogen-bond acceptors (Lipinski definition) is 8. The molecule has 0 atom stereocenters. The lowest BCUT2D eigenvalue weighted by molar-refractivity contribution is -0.116. The van der Waals surface area contributed by atoms with E-state index in [0.29, 0.717) is 10.6 Å². The summed E-state index contributed by atoms with van der Waals surface area (Å²) in [5.41, 5.74) is 1.33. The van der Waals surface area contributed by atoms with E-state index in [1.165, 1.54) is 12.1 Å². The van der Waals surface area contributed by atoms with Crippen molar-refractivity contribution in [3.8, 4) is 5.75 Å². The van der Waals surface area contributed by atoms with Gasteiger partial charge in [0.25, 0.3) is 0 Å². The van der Waals surface area contributed by atoms with Crippen LogP contribution in [0.15, 0.2) is 40.7 Å².